The Morgan fingerprint density at radius 3 is 2.94 bits per heavy atom. The van der Waals surface area contributed by atoms with Gasteiger partial charge in [-0.25, -0.2) is 4.68 Å². The zero-order chi connectivity index (χ0) is 13.0. The van der Waals surface area contributed by atoms with Gasteiger partial charge in [-0.1, -0.05) is 6.92 Å². The molecule has 0 unspecified atom stereocenters. The summed E-state index contributed by atoms with van der Waals surface area (Å²) in [7, 11) is 0. The molecular formula is C12H19BrN4O. The van der Waals surface area contributed by atoms with E-state index in [4.69, 9.17) is 0 Å². The fourth-order valence-corrected chi connectivity index (χ4v) is 2.54. The normalized spacial score (nSPS) is 16.8. The fourth-order valence-electron chi connectivity index (χ4n) is 2.12. The molecule has 0 spiro atoms. The van der Waals surface area contributed by atoms with Crippen LogP contribution in [0.25, 0.3) is 0 Å². The van der Waals surface area contributed by atoms with Crippen LogP contribution in [0.1, 0.15) is 26.2 Å². The van der Waals surface area contributed by atoms with Crippen molar-refractivity contribution in [2.45, 2.75) is 38.8 Å². The SMILES string of the molecule is CCCn1ncc(NC2CCNCC2)c(Br)c1=O. The first-order valence-corrected chi connectivity index (χ1v) is 7.24. The first-order chi connectivity index (χ1) is 8.72. The van der Waals surface area contributed by atoms with Gasteiger partial charge in [-0.3, -0.25) is 4.79 Å². The van der Waals surface area contributed by atoms with Crippen LogP contribution in [0.2, 0.25) is 0 Å². The molecule has 0 aromatic carbocycles. The minimum atomic E-state index is -0.0595. The lowest BCUT2D eigenvalue weighted by molar-refractivity contribution is 0.478. The predicted octanol–water partition coefficient (Wildman–Crippen LogP) is 1.58. The van der Waals surface area contributed by atoms with Gasteiger partial charge in [0.2, 0.25) is 0 Å². The number of nitrogens with zero attached hydrogens (tertiary/aromatic N) is 2. The third kappa shape index (κ3) is 3.11. The second-order valence-corrected chi connectivity index (χ2v) is 5.36. The summed E-state index contributed by atoms with van der Waals surface area (Å²) < 4.78 is 2.09. The molecule has 1 aliphatic heterocycles. The Hall–Kier alpha value is -0.880. The molecule has 2 N–H and O–H groups in total. The number of anilines is 1. The Morgan fingerprint density at radius 2 is 2.28 bits per heavy atom. The standard InChI is InChI=1S/C12H19BrN4O/c1-2-7-17-12(18)11(13)10(8-15-17)16-9-3-5-14-6-4-9/h8-9,14,16H,2-7H2,1H3. The lowest BCUT2D eigenvalue weighted by atomic mass is 10.1. The van der Waals surface area contributed by atoms with Crippen LogP contribution in [0.4, 0.5) is 5.69 Å². The largest absolute Gasteiger partial charge is 0.380 e. The summed E-state index contributed by atoms with van der Waals surface area (Å²) in [5, 5.41) is 10.9. The van der Waals surface area contributed by atoms with Crippen molar-refractivity contribution in [1.29, 1.82) is 0 Å². The minimum absolute atomic E-state index is 0.0595. The van der Waals surface area contributed by atoms with Crippen molar-refractivity contribution in [3.8, 4) is 0 Å². The Morgan fingerprint density at radius 1 is 1.56 bits per heavy atom. The summed E-state index contributed by atoms with van der Waals surface area (Å²) in [5.74, 6) is 0. The lowest BCUT2D eigenvalue weighted by Gasteiger charge is -2.25. The van der Waals surface area contributed by atoms with Crippen LogP contribution in [0, 0.1) is 0 Å². The lowest BCUT2D eigenvalue weighted by Crippen LogP contribution is -2.36. The van der Waals surface area contributed by atoms with Crippen molar-refractivity contribution in [2.75, 3.05) is 18.4 Å². The average Bonchev–Trinajstić information content (AvgIpc) is 2.40. The van der Waals surface area contributed by atoms with Gasteiger partial charge in [0.25, 0.3) is 5.56 Å². The van der Waals surface area contributed by atoms with Gasteiger partial charge in [0.15, 0.2) is 0 Å². The molecule has 2 heterocycles. The number of halogens is 1. The Bertz CT molecular complexity index is 454. The Labute approximate surface area is 115 Å². The van der Waals surface area contributed by atoms with Crippen molar-refractivity contribution >= 4 is 21.6 Å². The molecule has 0 radical (unpaired) electrons. The highest BCUT2D eigenvalue weighted by atomic mass is 79.9. The van der Waals surface area contributed by atoms with Gasteiger partial charge in [-0.2, -0.15) is 5.10 Å². The zero-order valence-corrected chi connectivity index (χ0v) is 12.2. The molecule has 1 aromatic heterocycles. The average molecular weight is 315 g/mol. The zero-order valence-electron chi connectivity index (χ0n) is 10.6. The maximum Gasteiger partial charge on any atom is 0.283 e. The van der Waals surface area contributed by atoms with Crippen molar-refractivity contribution in [1.82, 2.24) is 15.1 Å². The maximum absolute atomic E-state index is 12.0. The molecular weight excluding hydrogens is 296 g/mol. The number of hydrogen-bond donors (Lipinski definition) is 2. The van der Waals surface area contributed by atoms with E-state index in [9.17, 15) is 4.79 Å². The van der Waals surface area contributed by atoms with Crippen LogP contribution in [0.3, 0.4) is 0 Å². The van der Waals surface area contributed by atoms with E-state index in [1.165, 1.54) is 4.68 Å². The number of aromatic nitrogens is 2. The molecule has 1 aromatic rings. The highest BCUT2D eigenvalue weighted by Crippen LogP contribution is 2.19. The maximum atomic E-state index is 12.0. The number of rotatable bonds is 4. The molecule has 0 atom stereocenters. The number of hydrogen-bond acceptors (Lipinski definition) is 4. The molecule has 1 aliphatic rings. The van der Waals surface area contributed by atoms with Gasteiger partial charge in [-0.05, 0) is 48.3 Å². The molecule has 6 heteroatoms. The van der Waals surface area contributed by atoms with Crippen LogP contribution >= 0.6 is 15.9 Å². The van der Waals surface area contributed by atoms with Gasteiger partial charge < -0.3 is 10.6 Å². The predicted molar refractivity (Wildman–Crippen MR) is 76.0 cm³/mol. The third-order valence-corrected chi connectivity index (χ3v) is 3.89. The summed E-state index contributed by atoms with van der Waals surface area (Å²) in [6, 6.07) is 0.422. The summed E-state index contributed by atoms with van der Waals surface area (Å²) in [6.45, 7) is 4.74. The van der Waals surface area contributed by atoms with Crippen LogP contribution in [-0.4, -0.2) is 28.9 Å². The smallest absolute Gasteiger partial charge is 0.283 e. The van der Waals surface area contributed by atoms with E-state index in [0.29, 0.717) is 17.1 Å². The van der Waals surface area contributed by atoms with E-state index in [1.807, 2.05) is 6.92 Å². The first-order valence-electron chi connectivity index (χ1n) is 6.45. The summed E-state index contributed by atoms with van der Waals surface area (Å²) >= 11 is 3.38. The van der Waals surface area contributed by atoms with E-state index < -0.39 is 0 Å². The van der Waals surface area contributed by atoms with Crippen LogP contribution in [0.5, 0.6) is 0 Å². The third-order valence-electron chi connectivity index (χ3n) is 3.12. The summed E-state index contributed by atoms with van der Waals surface area (Å²) in [4.78, 5) is 12.0. The van der Waals surface area contributed by atoms with Crippen molar-refractivity contribution in [3.05, 3.63) is 21.0 Å². The molecule has 1 saturated heterocycles. The number of piperidine rings is 1. The van der Waals surface area contributed by atoms with E-state index in [2.05, 4.69) is 31.7 Å². The summed E-state index contributed by atoms with van der Waals surface area (Å²) in [5.41, 5.74) is 0.745. The van der Waals surface area contributed by atoms with Crippen LogP contribution in [-0.2, 0) is 6.54 Å². The fraction of sp³-hybridized carbons (Fsp3) is 0.667. The molecule has 0 saturated carbocycles. The Balaban J connectivity index is 2.13. The summed E-state index contributed by atoms with van der Waals surface area (Å²) in [6.07, 6.45) is 4.79. The topological polar surface area (TPSA) is 59.0 Å². The van der Waals surface area contributed by atoms with E-state index in [-0.39, 0.29) is 5.56 Å². The minimum Gasteiger partial charge on any atom is -0.380 e. The van der Waals surface area contributed by atoms with E-state index in [0.717, 1.165) is 38.0 Å². The van der Waals surface area contributed by atoms with Crippen molar-refractivity contribution < 1.29 is 0 Å². The van der Waals surface area contributed by atoms with Crippen LogP contribution in [0.15, 0.2) is 15.5 Å². The highest BCUT2D eigenvalue weighted by molar-refractivity contribution is 9.10. The molecule has 0 bridgehead atoms. The molecule has 1 fully saturated rings. The molecule has 0 amide bonds. The van der Waals surface area contributed by atoms with Gasteiger partial charge in [0.1, 0.15) is 4.47 Å². The van der Waals surface area contributed by atoms with Crippen molar-refractivity contribution in [2.24, 2.45) is 0 Å². The van der Waals surface area contributed by atoms with Crippen LogP contribution < -0.4 is 16.2 Å². The number of aryl methyl sites for hydroxylation is 1. The second kappa shape index (κ2) is 6.33. The van der Waals surface area contributed by atoms with E-state index >= 15 is 0 Å². The van der Waals surface area contributed by atoms with Gasteiger partial charge >= 0.3 is 0 Å². The van der Waals surface area contributed by atoms with Gasteiger partial charge in [0.05, 0.1) is 11.9 Å². The van der Waals surface area contributed by atoms with Crippen molar-refractivity contribution in [3.63, 3.8) is 0 Å². The molecule has 2 rings (SSSR count). The monoisotopic (exact) mass is 314 g/mol. The number of nitrogens with one attached hydrogen (secondary N) is 2. The molecule has 100 valence electrons. The molecule has 5 nitrogen and oxygen atoms in total. The molecule has 0 aliphatic carbocycles. The highest BCUT2D eigenvalue weighted by Gasteiger charge is 2.15. The first kappa shape index (κ1) is 13.5. The molecule has 18 heavy (non-hydrogen) atoms. The van der Waals surface area contributed by atoms with Gasteiger partial charge in [-0.15, -0.1) is 0 Å². The Kier molecular flexibility index (Phi) is 4.77. The van der Waals surface area contributed by atoms with E-state index in [1.54, 1.807) is 6.20 Å². The quantitative estimate of drug-likeness (QED) is 0.886. The van der Waals surface area contributed by atoms with Gasteiger partial charge in [0, 0.05) is 12.6 Å². The second-order valence-electron chi connectivity index (χ2n) is 4.57.